The fourth-order valence-electron chi connectivity index (χ4n) is 2.56. The van der Waals surface area contributed by atoms with Gasteiger partial charge in [0.05, 0.1) is 17.0 Å². The number of esters is 1. The highest BCUT2D eigenvalue weighted by Crippen LogP contribution is 2.32. The number of carbonyl (C=O) groups is 3. The zero-order chi connectivity index (χ0) is 19.4. The smallest absolute Gasteiger partial charge is 0.338 e. The summed E-state index contributed by atoms with van der Waals surface area (Å²) in [6.45, 7) is 3.57. The van der Waals surface area contributed by atoms with Crippen molar-refractivity contribution in [1.29, 1.82) is 0 Å². The van der Waals surface area contributed by atoms with Gasteiger partial charge in [-0.25, -0.2) is 4.79 Å². The molecule has 140 valence electrons. The second-order valence-electron chi connectivity index (χ2n) is 6.14. The Hall–Kier alpha value is -2.80. The molecule has 2 N–H and O–H groups in total. The first-order valence-corrected chi connectivity index (χ1v) is 9.62. The van der Waals surface area contributed by atoms with Crippen molar-refractivity contribution in [1.82, 2.24) is 0 Å². The minimum atomic E-state index is -0.955. The lowest BCUT2D eigenvalue weighted by Gasteiger charge is -2.18. The second-order valence-corrected chi connectivity index (χ2v) is 7.15. The Morgan fingerprint density at radius 1 is 1.22 bits per heavy atom. The van der Waals surface area contributed by atoms with Crippen LogP contribution in [0.5, 0.6) is 0 Å². The first kappa shape index (κ1) is 19.0. The van der Waals surface area contributed by atoms with Crippen molar-refractivity contribution in [2.24, 2.45) is 0 Å². The Bertz CT molecular complexity index is 880. The second kappa shape index (κ2) is 8.26. The molecule has 1 atom stereocenters. The summed E-state index contributed by atoms with van der Waals surface area (Å²) in [5.41, 5.74) is 2.68. The molecule has 7 heteroatoms. The van der Waals surface area contributed by atoms with Gasteiger partial charge >= 0.3 is 5.97 Å². The molecule has 0 fully saturated rings. The van der Waals surface area contributed by atoms with Crippen molar-refractivity contribution in [3.63, 3.8) is 0 Å². The molecule has 0 bridgehead atoms. The van der Waals surface area contributed by atoms with E-state index >= 15 is 0 Å². The Balaban J connectivity index is 1.62. The van der Waals surface area contributed by atoms with Crippen LogP contribution in [-0.4, -0.2) is 29.6 Å². The number of aryl methyl sites for hydroxylation is 1. The van der Waals surface area contributed by atoms with E-state index in [9.17, 15) is 14.4 Å². The fourth-order valence-corrected chi connectivity index (χ4v) is 3.35. The number of carbonyl (C=O) groups excluding carboxylic acids is 3. The van der Waals surface area contributed by atoms with Crippen LogP contribution in [0.1, 0.15) is 29.8 Å². The standard InChI is InChI=1S/C20H20N2O4S/c1-3-13-4-7-15(8-5-13)21-19(24)12(2)26-20(25)14-6-9-17-16(10-14)22-18(23)11-27-17/h4-10,12H,3,11H2,1-2H3,(H,21,24)(H,22,23). The van der Waals surface area contributed by atoms with Crippen LogP contribution in [0.3, 0.4) is 0 Å². The lowest BCUT2D eigenvalue weighted by molar-refractivity contribution is -0.123. The summed E-state index contributed by atoms with van der Waals surface area (Å²) in [7, 11) is 0. The number of thioether (sulfide) groups is 1. The molecule has 1 unspecified atom stereocenters. The number of anilines is 2. The average molecular weight is 384 g/mol. The lowest BCUT2D eigenvalue weighted by atomic mass is 10.1. The van der Waals surface area contributed by atoms with Gasteiger partial charge in [-0.1, -0.05) is 19.1 Å². The van der Waals surface area contributed by atoms with Crippen LogP contribution in [0.15, 0.2) is 47.4 Å². The molecule has 0 saturated carbocycles. The van der Waals surface area contributed by atoms with Crippen LogP contribution in [0, 0.1) is 0 Å². The van der Waals surface area contributed by atoms with E-state index in [-0.39, 0.29) is 11.5 Å². The van der Waals surface area contributed by atoms with E-state index in [0.29, 0.717) is 17.1 Å². The van der Waals surface area contributed by atoms with Crippen molar-refractivity contribution < 1.29 is 19.1 Å². The number of rotatable bonds is 5. The van der Waals surface area contributed by atoms with Crippen LogP contribution in [-0.2, 0) is 20.7 Å². The maximum Gasteiger partial charge on any atom is 0.338 e. The van der Waals surface area contributed by atoms with Gasteiger partial charge in [0.15, 0.2) is 6.10 Å². The highest BCUT2D eigenvalue weighted by Gasteiger charge is 2.21. The molecule has 1 aliphatic heterocycles. The van der Waals surface area contributed by atoms with Gasteiger partial charge < -0.3 is 15.4 Å². The van der Waals surface area contributed by atoms with Crippen molar-refractivity contribution in [2.75, 3.05) is 16.4 Å². The summed E-state index contributed by atoms with van der Waals surface area (Å²) in [5, 5.41) is 5.46. The normalized spacial score (nSPS) is 13.9. The van der Waals surface area contributed by atoms with Crippen LogP contribution < -0.4 is 10.6 Å². The number of fused-ring (bicyclic) bond motifs is 1. The molecule has 6 nitrogen and oxygen atoms in total. The molecule has 0 aromatic heterocycles. The molecule has 0 spiro atoms. The first-order valence-electron chi connectivity index (χ1n) is 8.63. The third-order valence-corrected chi connectivity index (χ3v) is 5.20. The molecule has 1 heterocycles. The third-order valence-electron chi connectivity index (χ3n) is 4.13. The fraction of sp³-hybridized carbons (Fsp3) is 0.250. The number of amides is 2. The summed E-state index contributed by atoms with van der Waals surface area (Å²) in [4.78, 5) is 37.0. The SMILES string of the molecule is CCc1ccc(NC(=O)C(C)OC(=O)c2ccc3c(c2)NC(=O)CS3)cc1. The van der Waals surface area contributed by atoms with E-state index in [4.69, 9.17) is 4.74 Å². The summed E-state index contributed by atoms with van der Waals surface area (Å²) in [5.74, 6) is -0.784. The van der Waals surface area contributed by atoms with Crippen molar-refractivity contribution >= 4 is 40.9 Å². The van der Waals surface area contributed by atoms with E-state index in [1.165, 1.54) is 24.2 Å². The summed E-state index contributed by atoms with van der Waals surface area (Å²) >= 11 is 1.41. The quantitative estimate of drug-likeness (QED) is 0.771. The van der Waals surface area contributed by atoms with Crippen molar-refractivity contribution in [3.8, 4) is 0 Å². The predicted molar refractivity (Wildman–Crippen MR) is 105 cm³/mol. The van der Waals surface area contributed by atoms with E-state index in [0.717, 1.165) is 11.3 Å². The Kier molecular flexibility index (Phi) is 5.81. The molecule has 2 aromatic carbocycles. The summed E-state index contributed by atoms with van der Waals surface area (Å²) in [6, 6.07) is 12.5. The number of ether oxygens (including phenoxy) is 1. The molecular weight excluding hydrogens is 364 g/mol. The highest BCUT2D eigenvalue weighted by atomic mass is 32.2. The molecule has 0 saturated heterocycles. The maximum atomic E-state index is 12.3. The van der Waals surface area contributed by atoms with E-state index in [2.05, 4.69) is 17.6 Å². The monoisotopic (exact) mass is 384 g/mol. The number of benzene rings is 2. The molecule has 0 aliphatic carbocycles. The summed E-state index contributed by atoms with van der Waals surface area (Å²) < 4.78 is 5.26. The minimum absolute atomic E-state index is 0.111. The third kappa shape index (κ3) is 4.68. The summed E-state index contributed by atoms with van der Waals surface area (Å²) in [6.07, 6.45) is -0.0366. The largest absolute Gasteiger partial charge is 0.449 e. The number of hydrogen-bond donors (Lipinski definition) is 2. The topological polar surface area (TPSA) is 84.5 Å². The highest BCUT2D eigenvalue weighted by molar-refractivity contribution is 8.00. The Morgan fingerprint density at radius 2 is 1.96 bits per heavy atom. The van der Waals surface area contributed by atoms with Gasteiger partial charge in [0.1, 0.15) is 0 Å². The van der Waals surface area contributed by atoms with Gasteiger partial charge in [0, 0.05) is 10.6 Å². The van der Waals surface area contributed by atoms with Crippen molar-refractivity contribution in [3.05, 3.63) is 53.6 Å². The van der Waals surface area contributed by atoms with E-state index in [1.54, 1.807) is 18.2 Å². The molecule has 2 amide bonds. The maximum absolute atomic E-state index is 12.3. The van der Waals surface area contributed by atoms with Gasteiger partial charge in [0.2, 0.25) is 5.91 Å². The van der Waals surface area contributed by atoms with E-state index in [1.807, 2.05) is 24.3 Å². The zero-order valence-electron chi connectivity index (χ0n) is 15.1. The minimum Gasteiger partial charge on any atom is -0.449 e. The molecule has 0 radical (unpaired) electrons. The number of hydrogen-bond acceptors (Lipinski definition) is 5. The molecule has 2 aromatic rings. The van der Waals surface area contributed by atoms with Gasteiger partial charge in [-0.3, -0.25) is 9.59 Å². The zero-order valence-corrected chi connectivity index (χ0v) is 15.9. The van der Waals surface area contributed by atoms with Gasteiger partial charge in [-0.05, 0) is 49.2 Å². The Morgan fingerprint density at radius 3 is 2.67 bits per heavy atom. The molecular formula is C20H20N2O4S. The predicted octanol–water partition coefficient (Wildman–Crippen LogP) is 3.48. The molecule has 3 rings (SSSR count). The average Bonchev–Trinajstić information content (AvgIpc) is 2.67. The van der Waals surface area contributed by atoms with E-state index < -0.39 is 18.0 Å². The lowest BCUT2D eigenvalue weighted by Crippen LogP contribution is -2.30. The van der Waals surface area contributed by atoms with Crippen LogP contribution >= 0.6 is 11.8 Å². The van der Waals surface area contributed by atoms with Crippen molar-refractivity contribution in [2.45, 2.75) is 31.3 Å². The van der Waals surface area contributed by atoms with Crippen LogP contribution in [0.2, 0.25) is 0 Å². The van der Waals surface area contributed by atoms with Crippen LogP contribution in [0.25, 0.3) is 0 Å². The van der Waals surface area contributed by atoms with Gasteiger partial charge in [-0.2, -0.15) is 0 Å². The van der Waals surface area contributed by atoms with Crippen LogP contribution in [0.4, 0.5) is 11.4 Å². The van der Waals surface area contributed by atoms with Gasteiger partial charge in [-0.15, -0.1) is 11.8 Å². The molecule has 27 heavy (non-hydrogen) atoms. The molecule has 1 aliphatic rings. The number of nitrogens with one attached hydrogen (secondary N) is 2. The Labute approximate surface area is 161 Å². The van der Waals surface area contributed by atoms with Gasteiger partial charge in [0.25, 0.3) is 5.91 Å². The first-order chi connectivity index (χ1) is 13.0.